The number of H-pyrrole nitrogens is 1. The van der Waals surface area contributed by atoms with Crippen LogP contribution in [0.2, 0.25) is 0 Å². The summed E-state index contributed by atoms with van der Waals surface area (Å²) in [5.41, 5.74) is 6.05. The standard InChI is InChI=1S/C28H31N3O2S2/c1-31(2)28(22-9-4-3-5-10-22)17-14-21(15-18-28)27-24(23-11-6-7-12-25(23)30-27)16-19-29-35(32,33)26-13-8-20-34-26/h3-14,20,29-30H,15-19H2,1-2H3. The predicted octanol–water partition coefficient (Wildman–Crippen LogP) is 5.77. The molecular formula is C28H31N3O2S2. The van der Waals surface area contributed by atoms with Gasteiger partial charge in [-0.3, -0.25) is 4.90 Å². The van der Waals surface area contributed by atoms with E-state index in [1.54, 1.807) is 17.5 Å². The lowest BCUT2D eigenvalue weighted by Crippen LogP contribution is -2.42. The van der Waals surface area contributed by atoms with Crippen LogP contribution in [0.3, 0.4) is 0 Å². The van der Waals surface area contributed by atoms with Crippen molar-refractivity contribution in [3.05, 3.63) is 95.0 Å². The normalized spacial score (nSPS) is 18.8. The Kier molecular flexibility index (Phi) is 6.68. The van der Waals surface area contributed by atoms with Gasteiger partial charge in [-0.15, -0.1) is 11.3 Å². The first-order valence-corrected chi connectivity index (χ1v) is 14.3. The minimum absolute atomic E-state index is 0.0206. The zero-order valence-corrected chi connectivity index (χ0v) is 21.8. The Labute approximate surface area is 211 Å². The molecule has 2 heterocycles. The average Bonchev–Trinajstić information content (AvgIpc) is 3.54. The maximum absolute atomic E-state index is 12.6. The van der Waals surface area contributed by atoms with E-state index in [0.29, 0.717) is 17.2 Å². The summed E-state index contributed by atoms with van der Waals surface area (Å²) in [5, 5.41) is 2.94. The van der Waals surface area contributed by atoms with Crippen molar-refractivity contribution in [3.8, 4) is 0 Å². The number of rotatable bonds is 8. The molecule has 1 atom stereocenters. The molecule has 0 radical (unpaired) electrons. The smallest absolute Gasteiger partial charge is 0.250 e. The molecule has 2 aromatic carbocycles. The van der Waals surface area contributed by atoms with E-state index >= 15 is 0 Å². The van der Waals surface area contributed by atoms with Crippen LogP contribution >= 0.6 is 11.3 Å². The number of nitrogens with zero attached hydrogens (tertiary/aromatic N) is 1. The lowest BCUT2D eigenvalue weighted by molar-refractivity contribution is 0.138. The van der Waals surface area contributed by atoms with Crippen molar-refractivity contribution in [1.82, 2.24) is 14.6 Å². The predicted molar refractivity (Wildman–Crippen MR) is 145 cm³/mol. The highest BCUT2D eigenvalue weighted by atomic mass is 32.2. The Morgan fingerprint density at radius 1 is 1.03 bits per heavy atom. The van der Waals surface area contributed by atoms with Crippen molar-refractivity contribution in [2.24, 2.45) is 0 Å². The molecule has 1 aliphatic carbocycles. The highest BCUT2D eigenvalue weighted by Crippen LogP contribution is 2.43. The van der Waals surface area contributed by atoms with Crippen LogP contribution in [0.1, 0.15) is 36.1 Å². The molecule has 0 aliphatic heterocycles. The number of aromatic amines is 1. The van der Waals surface area contributed by atoms with Gasteiger partial charge in [-0.2, -0.15) is 0 Å². The Morgan fingerprint density at radius 2 is 1.80 bits per heavy atom. The van der Waals surface area contributed by atoms with E-state index in [0.717, 1.165) is 35.9 Å². The fourth-order valence-electron chi connectivity index (χ4n) is 5.27. The maximum Gasteiger partial charge on any atom is 0.250 e. The first kappa shape index (κ1) is 24.0. The summed E-state index contributed by atoms with van der Waals surface area (Å²) in [6.45, 7) is 0.355. The number of nitrogens with one attached hydrogen (secondary N) is 2. The van der Waals surface area contributed by atoms with Gasteiger partial charge in [0, 0.05) is 28.7 Å². The van der Waals surface area contributed by atoms with Crippen LogP contribution in [0, 0.1) is 0 Å². The molecule has 0 bridgehead atoms. The van der Waals surface area contributed by atoms with E-state index in [2.05, 4.69) is 77.2 Å². The van der Waals surface area contributed by atoms with Crippen molar-refractivity contribution in [1.29, 1.82) is 0 Å². The van der Waals surface area contributed by atoms with Gasteiger partial charge in [0.25, 0.3) is 0 Å². The average molecular weight is 506 g/mol. The number of para-hydroxylation sites is 1. The summed E-state index contributed by atoms with van der Waals surface area (Å²) in [5.74, 6) is 0. The second kappa shape index (κ2) is 9.74. The SMILES string of the molecule is CN(C)C1(c2ccccc2)CC=C(c2[nH]c3ccccc3c2CCNS(=O)(=O)c2cccs2)CC1. The molecule has 0 saturated heterocycles. The lowest BCUT2D eigenvalue weighted by Gasteiger charge is -2.43. The van der Waals surface area contributed by atoms with E-state index < -0.39 is 10.0 Å². The Bertz CT molecular complexity index is 1440. The van der Waals surface area contributed by atoms with Crippen LogP contribution in [-0.2, 0) is 22.0 Å². The molecule has 5 nitrogen and oxygen atoms in total. The Morgan fingerprint density at radius 3 is 2.49 bits per heavy atom. The summed E-state index contributed by atoms with van der Waals surface area (Å²) >= 11 is 1.24. The van der Waals surface area contributed by atoms with E-state index in [1.165, 1.54) is 28.0 Å². The minimum atomic E-state index is -3.48. The highest BCUT2D eigenvalue weighted by molar-refractivity contribution is 7.91. The number of benzene rings is 2. The molecule has 2 aromatic heterocycles. The summed E-state index contributed by atoms with van der Waals surface area (Å²) in [7, 11) is 0.855. The van der Waals surface area contributed by atoms with Gasteiger partial charge >= 0.3 is 0 Å². The molecule has 1 unspecified atom stereocenters. The van der Waals surface area contributed by atoms with Crippen LogP contribution in [-0.4, -0.2) is 38.9 Å². The Hall–Kier alpha value is -2.71. The first-order chi connectivity index (χ1) is 16.9. The molecule has 0 amide bonds. The molecule has 0 spiro atoms. The van der Waals surface area contributed by atoms with E-state index in [4.69, 9.17) is 0 Å². The molecule has 1 aliphatic rings. The number of hydrogen-bond acceptors (Lipinski definition) is 4. The largest absolute Gasteiger partial charge is 0.355 e. The van der Waals surface area contributed by atoms with Crippen LogP contribution in [0.15, 0.2) is 82.4 Å². The molecule has 2 N–H and O–H groups in total. The van der Waals surface area contributed by atoms with Gasteiger partial charge in [0.15, 0.2) is 0 Å². The van der Waals surface area contributed by atoms with E-state index in [1.807, 2.05) is 12.1 Å². The number of thiophene rings is 1. The fourth-order valence-corrected chi connectivity index (χ4v) is 7.34. The van der Waals surface area contributed by atoms with E-state index in [9.17, 15) is 8.42 Å². The monoisotopic (exact) mass is 505 g/mol. The van der Waals surface area contributed by atoms with Gasteiger partial charge in [-0.05, 0) is 74.0 Å². The maximum atomic E-state index is 12.6. The zero-order valence-electron chi connectivity index (χ0n) is 20.1. The van der Waals surface area contributed by atoms with Gasteiger partial charge in [0.05, 0.1) is 0 Å². The molecule has 5 rings (SSSR count). The fraction of sp³-hybridized carbons (Fsp3) is 0.286. The topological polar surface area (TPSA) is 65.2 Å². The molecule has 0 saturated carbocycles. The minimum Gasteiger partial charge on any atom is -0.355 e. The van der Waals surface area contributed by atoms with Crippen molar-refractivity contribution < 1.29 is 8.42 Å². The third-order valence-corrected chi connectivity index (χ3v) is 10.1. The van der Waals surface area contributed by atoms with Gasteiger partial charge in [-0.25, -0.2) is 13.1 Å². The molecular weight excluding hydrogens is 474 g/mol. The van der Waals surface area contributed by atoms with Gasteiger partial charge in [0.2, 0.25) is 10.0 Å². The summed E-state index contributed by atoms with van der Waals surface area (Å²) in [6.07, 6.45) is 5.90. The molecule has 35 heavy (non-hydrogen) atoms. The summed E-state index contributed by atoms with van der Waals surface area (Å²) < 4.78 is 28.4. The number of hydrogen-bond donors (Lipinski definition) is 2. The first-order valence-electron chi connectivity index (χ1n) is 12.0. The third kappa shape index (κ3) is 4.61. The van der Waals surface area contributed by atoms with Gasteiger partial charge in [-0.1, -0.05) is 60.7 Å². The van der Waals surface area contributed by atoms with Crippen molar-refractivity contribution in [2.45, 2.75) is 35.4 Å². The summed E-state index contributed by atoms with van der Waals surface area (Å²) in [4.78, 5) is 6.00. The van der Waals surface area contributed by atoms with Crippen molar-refractivity contribution in [3.63, 3.8) is 0 Å². The second-order valence-electron chi connectivity index (χ2n) is 9.33. The number of sulfonamides is 1. The number of aromatic nitrogens is 1. The lowest BCUT2D eigenvalue weighted by atomic mass is 9.75. The van der Waals surface area contributed by atoms with Crippen LogP contribution in [0.4, 0.5) is 0 Å². The number of allylic oxidation sites excluding steroid dienone is 1. The zero-order chi connectivity index (χ0) is 24.5. The molecule has 4 aromatic rings. The quantitative estimate of drug-likeness (QED) is 0.319. The third-order valence-electron chi connectivity index (χ3n) is 7.22. The highest BCUT2D eigenvalue weighted by Gasteiger charge is 2.36. The summed E-state index contributed by atoms with van der Waals surface area (Å²) in [6, 6.07) is 22.5. The van der Waals surface area contributed by atoms with Crippen LogP contribution in [0.5, 0.6) is 0 Å². The molecule has 7 heteroatoms. The van der Waals surface area contributed by atoms with Crippen molar-refractivity contribution >= 4 is 37.8 Å². The van der Waals surface area contributed by atoms with Crippen LogP contribution < -0.4 is 4.72 Å². The molecule has 0 fully saturated rings. The van der Waals surface area contributed by atoms with Crippen LogP contribution in [0.25, 0.3) is 16.5 Å². The molecule has 182 valence electrons. The van der Waals surface area contributed by atoms with E-state index in [-0.39, 0.29) is 5.54 Å². The second-order valence-corrected chi connectivity index (χ2v) is 12.3. The van der Waals surface area contributed by atoms with Crippen molar-refractivity contribution in [2.75, 3.05) is 20.6 Å². The van der Waals surface area contributed by atoms with Gasteiger partial charge in [0.1, 0.15) is 4.21 Å². The Balaban J connectivity index is 1.43. The number of fused-ring (bicyclic) bond motifs is 1. The van der Waals surface area contributed by atoms with Gasteiger partial charge < -0.3 is 4.98 Å².